The molecule has 0 fully saturated rings. The average Bonchev–Trinajstić information content (AvgIpc) is 2.60. The molecule has 1 unspecified atom stereocenters. The number of benzene rings is 1. The Kier molecular flexibility index (Phi) is 10.7. The fourth-order valence-corrected chi connectivity index (χ4v) is 2.04. The van der Waals surface area contributed by atoms with E-state index in [0.717, 1.165) is 5.56 Å². The van der Waals surface area contributed by atoms with Gasteiger partial charge in [-0.3, -0.25) is 9.78 Å². The number of rotatable bonds is 7. The monoisotopic (exact) mass is 401 g/mol. The van der Waals surface area contributed by atoms with Crippen LogP contribution < -0.4 is 20.5 Å². The fraction of sp³-hybridized carbons (Fsp3) is 0.333. The van der Waals surface area contributed by atoms with Crippen molar-refractivity contribution in [2.45, 2.75) is 26.5 Å². The minimum Gasteiger partial charge on any atom is -0.493 e. The van der Waals surface area contributed by atoms with E-state index in [2.05, 4.69) is 10.3 Å². The zero-order chi connectivity index (χ0) is 17.5. The lowest BCUT2D eigenvalue weighted by molar-refractivity contribution is -0.118. The van der Waals surface area contributed by atoms with Gasteiger partial charge in [0.2, 0.25) is 5.91 Å². The van der Waals surface area contributed by atoms with Gasteiger partial charge in [-0.15, -0.1) is 24.8 Å². The Bertz CT molecular complexity index is 685. The highest BCUT2D eigenvalue weighted by molar-refractivity contribution is 5.95. The van der Waals surface area contributed by atoms with Crippen LogP contribution in [-0.4, -0.2) is 24.0 Å². The average molecular weight is 402 g/mol. The second kappa shape index (κ2) is 11.6. The number of nitrogens with two attached hydrogens (primary N) is 1. The molecule has 1 atom stereocenters. The van der Waals surface area contributed by atoms with Crippen LogP contribution in [0.15, 0.2) is 42.7 Å². The minimum absolute atomic E-state index is 0. The third-order valence-electron chi connectivity index (χ3n) is 3.60. The number of nitrogens with one attached hydrogen (secondary N) is 1. The van der Waals surface area contributed by atoms with Crippen molar-refractivity contribution in [3.8, 4) is 11.5 Å². The van der Waals surface area contributed by atoms with Gasteiger partial charge in [0.25, 0.3) is 0 Å². The van der Waals surface area contributed by atoms with E-state index in [1.165, 1.54) is 0 Å². The molecule has 0 saturated heterocycles. The van der Waals surface area contributed by atoms with Crippen LogP contribution in [0, 0.1) is 5.92 Å². The van der Waals surface area contributed by atoms with Gasteiger partial charge in [-0.2, -0.15) is 0 Å². The fourth-order valence-electron chi connectivity index (χ4n) is 2.04. The maximum Gasteiger partial charge on any atom is 0.241 e. The molecular formula is C18H25Cl2N3O3. The molecule has 3 N–H and O–H groups in total. The molecular weight excluding hydrogens is 377 g/mol. The predicted octanol–water partition coefficient (Wildman–Crippen LogP) is 3.43. The number of carbonyl (C=O) groups is 1. The molecule has 2 rings (SSSR count). The Morgan fingerprint density at radius 2 is 1.81 bits per heavy atom. The highest BCUT2D eigenvalue weighted by Gasteiger charge is 2.18. The van der Waals surface area contributed by atoms with Gasteiger partial charge in [0.15, 0.2) is 11.5 Å². The topological polar surface area (TPSA) is 86.5 Å². The van der Waals surface area contributed by atoms with Crippen LogP contribution in [0.1, 0.15) is 19.4 Å². The molecule has 1 aromatic heterocycles. The summed E-state index contributed by atoms with van der Waals surface area (Å²) in [4.78, 5) is 16.1. The van der Waals surface area contributed by atoms with Gasteiger partial charge < -0.3 is 20.5 Å². The van der Waals surface area contributed by atoms with Gasteiger partial charge in [0.05, 0.1) is 13.2 Å². The first-order valence-corrected chi connectivity index (χ1v) is 7.77. The molecule has 2 aromatic rings. The quantitative estimate of drug-likeness (QED) is 0.741. The van der Waals surface area contributed by atoms with Gasteiger partial charge in [0.1, 0.15) is 6.61 Å². The van der Waals surface area contributed by atoms with Gasteiger partial charge in [-0.05, 0) is 35.7 Å². The minimum atomic E-state index is -0.562. The van der Waals surface area contributed by atoms with Gasteiger partial charge in [0, 0.05) is 24.1 Å². The number of amides is 1. The zero-order valence-electron chi connectivity index (χ0n) is 15.0. The third-order valence-corrected chi connectivity index (χ3v) is 3.60. The number of ether oxygens (including phenoxy) is 2. The van der Waals surface area contributed by atoms with E-state index in [1.807, 2.05) is 26.0 Å². The number of aromatic nitrogens is 1. The Morgan fingerprint density at radius 3 is 2.38 bits per heavy atom. The summed E-state index contributed by atoms with van der Waals surface area (Å²) in [5.74, 6) is 0.973. The van der Waals surface area contributed by atoms with Crippen molar-refractivity contribution >= 4 is 36.4 Å². The SMILES string of the molecule is COc1ccc(NC(=O)C(N)C(C)C)cc1OCc1ccncc1.Cl.Cl. The molecule has 1 aromatic carbocycles. The van der Waals surface area contributed by atoms with Crippen molar-refractivity contribution < 1.29 is 14.3 Å². The third kappa shape index (κ3) is 6.71. The lowest BCUT2D eigenvalue weighted by Crippen LogP contribution is -2.39. The number of methoxy groups -OCH3 is 1. The van der Waals surface area contributed by atoms with E-state index in [1.54, 1.807) is 37.7 Å². The molecule has 0 aliphatic heterocycles. The molecule has 0 radical (unpaired) electrons. The largest absolute Gasteiger partial charge is 0.493 e. The summed E-state index contributed by atoms with van der Waals surface area (Å²) in [6, 6.07) is 8.42. The Labute approximate surface area is 166 Å². The number of hydrogen-bond acceptors (Lipinski definition) is 5. The van der Waals surface area contributed by atoms with E-state index in [0.29, 0.717) is 23.8 Å². The number of pyridine rings is 1. The molecule has 8 heteroatoms. The van der Waals surface area contributed by atoms with Crippen LogP contribution in [0.4, 0.5) is 5.69 Å². The first-order valence-electron chi connectivity index (χ1n) is 7.77. The Balaban J connectivity index is 0.00000312. The highest BCUT2D eigenvalue weighted by Crippen LogP contribution is 2.31. The molecule has 1 amide bonds. The number of hydrogen-bond donors (Lipinski definition) is 2. The molecule has 0 aliphatic rings. The van der Waals surface area contributed by atoms with Crippen molar-refractivity contribution in [2.24, 2.45) is 11.7 Å². The molecule has 0 aliphatic carbocycles. The van der Waals surface area contributed by atoms with Gasteiger partial charge in [-0.1, -0.05) is 13.8 Å². The number of anilines is 1. The van der Waals surface area contributed by atoms with E-state index in [4.69, 9.17) is 15.2 Å². The summed E-state index contributed by atoms with van der Waals surface area (Å²) in [5, 5.41) is 2.80. The maximum absolute atomic E-state index is 12.1. The first-order chi connectivity index (χ1) is 11.5. The van der Waals surface area contributed by atoms with Gasteiger partial charge in [-0.25, -0.2) is 0 Å². The summed E-state index contributed by atoms with van der Waals surface area (Å²) in [6.45, 7) is 4.19. The highest BCUT2D eigenvalue weighted by atomic mass is 35.5. The molecule has 1 heterocycles. The maximum atomic E-state index is 12.1. The van der Waals surface area contributed by atoms with Crippen LogP contribution in [0.2, 0.25) is 0 Å². The predicted molar refractivity (Wildman–Crippen MR) is 108 cm³/mol. The lowest BCUT2D eigenvalue weighted by atomic mass is 10.0. The summed E-state index contributed by atoms with van der Waals surface area (Å²) in [5.41, 5.74) is 7.46. The summed E-state index contributed by atoms with van der Waals surface area (Å²) in [6.07, 6.45) is 3.42. The number of halogens is 2. The summed E-state index contributed by atoms with van der Waals surface area (Å²) >= 11 is 0. The molecule has 6 nitrogen and oxygen atoms in total. The van der Waals surface area contributed by atoms with E-state index < -0.39 is 6.04 Å². The van der Waals surface area contributed by atoms with Gasteiger partial charge >= 0.3 is 0 Å². The van der Waals surface area contributed by atoms with Crippen LogP contribution in [0.5, 0.6) is 11.5 Å². The van der Waals surface area contributed by atoms with E-state index >= 15 is 0 Å². The Hall–Kier alpha value is -2.02. The summed E-state index contributed by atoms with van der Waals surface area (Å²) < 4.78 is 11.1. The van der Waals surface area contributed by atoms with E-state index in [9.17, 15) is 4.79 Å². The van der Waals surface area contributed by atoms with E-state index in [-0.39, 0.29) is 36.6 Å². The smallest absolute Gasteiger partial charge is 0.241 e. The summed E-state index contributed by atoms with van der Waals surface area (Å²) in [7, 11) is 1.57. The molecule has 26 heavy (non-hydrogen) atoms. The number of nitrogens with zero attached hydrogens (tertiary/aromatic N) is 1. The van der Waals surface area contributed by atoms with Crippen molar-refractivity contribution in [1.82, 2.24) is 4.98 Å². The first kappa shape index (κ1) is 24.0. The Morgan fingerprint density at radius 1 is 1.15 bits per heavy atom. The number of carbonyl (C=O) groups excluding carboxylic acids is 1. The van der Waals surface area contributed by atoms with Crippen LogP contribution in [0.3, 0.4) is 0 Å². The van der Waals surface area contributed by atoms with Crippen molar-refractivity contribution in [3.63, 3.8) is 0 Å². The lowest BCUT2D eigenvalue weighted by Gasteiger charge is -2.17. The van der Waals surface area contributed by atoms with Crippen LogP contribution in [0.25, 0.3) is 0 Å². The molecule has 0 spiro atoms. The van der Waals surface area contributed by atoms with Crippen molar-refractivity contribution in [2.75, 3.05) is 12.4 Å². The molecule has 144 valence electrons. The standard InChI is InChI=1S/C18H23N3O3.2ClH/c1-12(2)17(19)18(22)21-14-4-5-15(23-3)16(10-14)24-11-13-6-8-20-9-7-13;;/h4-10,12,17H,11,19H2,1-3H3,(H,21,22);2*1H. The molecule has 0 saturated carbocycles. The van der Waals surface area contributed by atoms with Crippen LogP contribution in [-0.2, 0) is 11.4 Å². The van der Waals surface area contributed by atoms with Crippen LogP contribution >= 0.6 is 24.8 Å². The zero-order valence-corrected chi connectivity index (χ0v) is 16.6. The molecule has 0 bridgehead atoms. The van der Waals surface area contributed by atoms with Crippen molar-refractivity contribution in [3.05, 3.63) is 48.3 Å². The normalized spacial score (nSPS) is 11.0. The second-order valence-electron chi connectivity index (χ2n) is 5.77. The second-order valence-corrected chi connectivity index (χ2v) is 5.77. The van der Waals surface area contributed by atoms with Crippen molar-refractivity contribution in [1.29, 1.82) is 0 Å².